The third kappa shape index (κ3) is 3.58. The van der Waals surface area contributed by atoms with Crippen LogP contribution >= 0.6 is 0 Å². The number of rotatable bonds is 5. The van der Waals surface area contributed by atoms with E-state index >= 15 is 0 Å². The highest BCUT2D eigenvalue weighted by Gasteiger charge is 2.21. The molecule has 1 atom stereocenters. The summed E-state index contributed by atoms with van der Waals surface area (Å²) in [5, 5.41) is 7.94. The van der Waals surface area contributed by atoms with Crippen molar-refractivity contribution in [2.24, 2.45) is 5.14 Å². The predicted octanol–water partition coefficient (Wildman–Crippen LogP) is 1.56. The van der Waals surface area contributed by atoms with Crippen molar-refractivity contribution >= 4 is 15.9 Å². The first-order valence-corrected chi connectivity index (χ1v) is 9.25. The monoisotopic (exact) mass is 378 g/mol. The van der Waals surface area contributed by atoms with Gasteiger partial charge in [0.15, 0.2) is 11.5 Å². The molecular formula is C17H18N2O6S. The summed E-state index contributed by atoms with van der Waals surface area (Å²) < 4.78 is 38.8. The van der Waals surface area contributed by atoms with E-state index in [1.807, 2.05) is 6.07 Å². The number of carbonyl (C=O) groups is 1. The van der Waals surface area contributed by atoms with Crippen LogP contribution in [0.15, 0.2) is 41.3 Å². The summed E-state index contributed by atoms with van der Waals surface area (Å²) in [6.07, 6.45) is 0. The second-order valence-electron chi connectivity index (χ2n) is 5.71. The van der Waals surface area contributed by atoms with Gasteiger partial charge in [0.25, 0.3) is 5.91 Å². The summed E-state index contributed by atoms with van der Waals surface area (Å²) in [6.45, 7) is 1.96. The van der Waals surface area contributed by atoms with Gasteiger partial charge in [0, 0.05) is 0 Å². The van der Waals surface area contributed by atoms with Crippen LogP contribution in [0.3, 0.4) is 0 Å². The van der Waals surface area contributed by atoms with E-state index < -0.39 is 15.9 Å². The second kappa shape index (κ2) is 6.85. The van der Waals surface area contributed by atoms with Gasteiger partial charge in [-0.25, -0.2) is 13.6 Å². The maximum Gasteiger partial charge on any atom is 0.255 e. The van der Waals surface area contributed by atoms with E-state index in [1.165, 1.54) is 25.3 Å². The lowest BCUT2D eigenvalue weighted by atomic mass is 10.1. The molecule has 3 rings (SSSR count). The van der Waals surface area contributed by atoms with Crippen molar-refractivity contribution in [1.82, 2.24) is 5.32 Å². The summed E-state index contributed by atoms with van der Waals surface area (Å²) in [7, 11) is -2.54. The molecule has 8 nitrogen and oxygen atoms in total. The molecule has 0 saturated heterocycles. The molecule has 0 aromatic heterocycles. The number of primary sulfonamides is 1. The number of methoxy groups -OCH3 is 1. The fourth-order valence-electron chi connectivity index (χ4n) is 2.58. The lowest BCUT2D eigenvalue weighted by Gasteiger charge is -2.16. The van der Waals surface area contributed by atoms with Gasteiger partial charge in [0.05, 0.1) is 23.6 Å². The molecule has 2 aromatic carbocycles. The van der Waals surface area contributed by atoms with Crippen LogP contribution in [-0.2, 0) is 10.0 Å². The van der Waals surface area contributed by atoms with Crippen LogP contribution in [-0.4, -0.2) is 28.2 Å². The quantitative estimate of drug-likeness (QED) is 0.815. The Kier molecular flexibility index (Phi) is 4.75. The number of sulfonamides is 1. The minimum atomic E-state index is -3.94. The van der Waals surface area contributed by atoms with Crippen molar-refractivity contribution < 1.29 is 27.4 Å². The van der Waals surface area contributed by atoms with Crippen LogP contribution in [0.4, 0.5) is 0 Å². The third-order valence-electron chi connectivity index (χ3n) is 3.99. The Bertz CT molecular complexity index is 958. The van der Waals surface area contributed by atoms with Gasteiger partial charge in [-0.15, -0.1) is 0 Å². The summed E-state index contributed by atoms with van der Waals surface area (Å²) in [5.41, 5.74) is 0.885. The Morgan fingerprint density at radius 1 is 1.19 bits per heavy atom. The van der Waals surface area contributed by atoms with Gasteiger partial charge in [-0.1, -0.05) is 6.07 Å². The van der Waals surface area contributed by atoms with Crippen LogP contribution in [0.5, 0.6) is 17.2 Å². The minimum absolute atomic E-state index is 0.0756. The number of ether oxygens (including phenoxy) is 3. The topological polar surface area (TPSA) is 117 Å². The fourth-order valence-corrected chi connectivity index (χ4v) is 3.12. The lowest BCUT2D eigenvalue weighted by molar-refractivity contribution is 0.0936. The highest BCUT2D eigenvalue weighted by Crippen LogP contribution is 2.34. The molecule has 0 unspecified atom stereocenters. The Morgan fingerprint density at radius 3 is 2.62 bits per heavy atom. The van der Waals surface area contributed by atoms with Crippen LogP contribution in [0, 0.1) is 0 Å². The zero-order valence-corrected chi connectivity index (χ0v) is 15.0. The van der Waals surface area contributed by atoms with Crippen molar-refractivity contribution in [1.29, 1.82) is 0 Å². The zero-order chi connectivity index (χ0) is 18.9. The lowest BCUT2D eigenvalue weighted by Crippen LogP contribution is -2.27. The highest BCUT2D eigenvalue weighted by atomic mass is 32.2. The van der Waals surface area contributed by atoms with Crippen molar-refractivity contribution in [2.45, 2.75) is 17.9 Å². The smallest absolute Gasteiger partial charge is 0.255 e. The largest absolute Gasteiger partial charge is 0.496 e. The number of nitrogens with one attached hydrogen (secondary N) is 1. The standard InChI is InChI=1S/C17H18N2O6S/c1-10(11-3-5-15-16(7-11)25-9-24-15)19-17(20)13-8-12(26(18,21)22)4-6-14(13)23-2/h3-8,10H,9H2,1-2H3,(H,19,20)(H2,18,21,22)/t10-/m0/s1. The normalized spacial score (nSPS) is 14.0. The fraction of sp³-hybridized carbons (Fsp3) is 0.235. The van der Waals surface area contributed by atoms with Gasteiger partial charge in [0.2, 0.25) is 16.8 Å². The molecule has 3 N–H and O–H groups in total. The number of hydrogen-bond acceptors (Lipinski definition) is 6. The first kappa shape index (κ1) is 18.0. The number of nitrogens with two attached hydrogens (primary N) is 1. The van der Waals surface area contributed by atoms with Crippen molar-refractivity contribution in [3.05, 3.63) is 47.5 Å². The van der Waals surface area contributed by atoms with Crippen LogP contribution in [0.2, 0.25) is 0 Å². The number of amides is 1. The molecule has 0 bridgehead atoms. The van der Waals surface area contributed by atoms with Gasteiger partial charge < -0.3 is 19.5 Å². The van der Waals surface area contributed by atoms with E-state index in [2.05, 4.69) is 5.32 Å². The summed E-state index contributed by atoms with van der Waals surface area (Å²) in [6, 6.07) is 8.87. The molecule has 26 heavy (non-hydrogen) atoms. The SMILES string of the molecule is COc1ccc(S(N)(=O)=O)cc1C(=O)N[C@@H](C)c1ccc2c(c1)OCO2. The summed E-state index contributed by atoms with van der Waals surface area (Å²) in [4.78, 5) is 12.5. The average molecular weight is 378 g/mol. The van der Waals surface area contributed by atoms with E-state index in [4.69, 9.17) is 19.3 Å². The van der Waals surface area contributed by atoms with E-state index in [-0.39, 0.29) is 29.0 Å². The Morgan fingerprint density at radius 2 is 1.92 bits per heavy atom. The van der Waals surface area contributed by atoms with Gasteiger partial charge in [0.1, 0.15) is 5.75 Å². The highest BCUT2D eigenvalue weighted by molar-refractivity contribution is 7.89. The summed E-state index contributed by atoms with van der Waals surface area (Å²) >= 11 is 0. The predicted molar refractivity (Wildman–Crippen MR) is 92.8 cm³/mol. The first-order valence-electron chi connectivity index (χ1n) is 7.71. The molecule has 1 amide bonds. The molecular weight excluding hydrogens is 360 g/mol. The van der Waals surface area contributed by atoms with Crippen molar-refractivity contribution in [2.75, 3.05) is 13.9 Å². The molecule has 9 heteroatoms. The van der Waals surface area contributed by atoms with Gasteiger partial charge in [-0.05, 0) is 42.8 Å². The van der Waals surface area contributed by atoms with Gasteiger partial charge in [-0.2, -0.15) is 0 Å². The molecule has 1 aliphatic rings. The van der Waals surface area contributed by atoms with Crippen molar-refractivity contribution in [3.63, 3.8) is 0 Å². The number of benzene rings is 2. The van der Waals surface area contributed by atoms with E-state index in [0.717, 1.165) is 5.56 Å². The summed E-state index contributed by atoms with van der Waals surface area (Å²) in [5.74, 6) is 1.01. The minimum Gasteiger partial charge on any atom is -0.496 e. The molecule has 0 radical (unpaired) electrons. The van der Waals surface area contributed by atoms with Crippen LogP contribution < -0.4 is 24.7 Å². The van der Waals surface area contributed by atoms with E-state index in [0.29, 0.717) is 11.5 Å². The van der Waals surface area contributed by atoms with E-state index in [9.17, 15) is 13.2 Å². The Balaban J connectivity index is 1.85. The molecule has 1 heterocycles. The average Bonchev–Trinajstić information content (AvgIpc) is 3.07. The molecule has 0 fully saturated rings. The van der Waals surface area contributed by atoms with Crippen LogP contribution in [0.1, 0.15) is 28.9 Å². The Labute approximate surface area is 150 Å². The number of hydrogen-bond donors (Lipinski definition) is 2. The maximum absolute atomic E-state index is 12.6. The maximum atomic E-state index is 12.6. The zero-order valence-electron chi connectivity index (χ0n) is 14.2. The number of fused-ring (bicyclic) bond motifs is 1. The Hall–Kier alpha value is -2.78. The third-order valence-corrected chi connectivity index (χ3v) is 4.90. The van der Waals surface area contributed by atoms with Gasteiger partial charge in [-0.3, -0.25) is 4.79 Å². The first-order chi connectivity index (χ1) is 12.3. The molecule has 2 aromatic rings. The molecule has 138 valence electrons. The molecule has 0 spiro atoms. The van der Waals surface area contributed by atoms with E-state index in [1.54, 1.807) is 19.1 Å². The van der Waals surface area contributed by atoms with Crippen LogP contribution in [0.25, 0.3) is 0 Å². The van der Waals surface area contributed by atoms with Gasteiger partial charge >= 0.3 is 0 Å². The second-order valence-corrected chi connectivity index (χ2v) is 7.28. The molecule has 0 aliphatic carbocycles. The molecule has 0 saturated carbocycles. The number of carbonyl (C=O) groups excluding carboxylic acids is 1. The molecule has 1 aliphatic heterocycles. The van der Waals surface area contributed by atoms with Crippen molar-refractivity contribution in [3.8, 4) is 17.2 Å².